The predicted molar refractivity (Wildman–Crippen MR) is 101 cm³/mol. The highest BCUT2D eigenvalue weighted by molar-refractivity contribution is 6.34. The first kappa shape index (κ1) is 15.7. The van der Waals surface area contributed by atoms with Crippen LogP contribution in [0.2, 0.25) is 5.02 Å². The Morgan fingerprint density at radius 2 is 2.15 bits per heavy atom. The second kappa shape index (κ2) is 5.74. The molecule has 0 bridgehead atoms. The number of allylic oxidation sites excluding steroid dienone is 1. The number of benzene rings is 2. The van der Waals surface area contributed by atoms with Crippen LogP contribution < -0.4 is 4.90 Å². The van der Waals surface area contributed by atoms with E-state index in [0.717, 1.165) is 36.0 Å². The van der Waals surface area contributed by atoms with Crippen LogP contribution in [0.4, 0.5) is 10.1 Å². The quantitative estimate of drug-likeness (QED) is 0.681. The molecule has 1 saturated heterocycles. The Kier molecular flexibility index (Phi) is 3.47. The number of H-pyrrole nitrogens is 1. The molecule has 1 atom stereocenters. The van der Waals surface area contributed by atoms with Crippen molar-refractivity contribution in [3.8, 4) is 0 Å². The molecular weight excluding hydrogens is 351 g/mol. The minimum atomic E-state index is -0.275. The van der Waals surface area contributed by atoms with Gasteiger partial charge in [0.05, 0.1) is 22.4 Å². The molecule has 1 N–H and O–H groups in total. The first-order valence-electron chi connectivity index (χ1n) is 8.77. The lowest BCUT2D eigenvalue weighted by Gasteiger charge is -2.33. The van der Waals surface area contributed by atoms with Crippen LogP contribution in [0.5, 0.6) is 0 Å². The second-order valence-corrected chi connectivity index (χ2v) is 7.30. The van der Waals surface area contributed by atoms with Crippen LogP contribution in [-0.2, 0) is 0 Å². The third-order valence-corrected chi connectivity index (χ3v) is 5.87. The Balaban J connectivity index is 1.65. The highest BCUT2D eigenvalue weighted by Crippen LogP contribution is 2.45. The molecule has 1 fully saturated rings. The van der Waals surface area contributed by atoms with Crippen molar-refractivity contribution in [3.63, 3.8) is 0 Å². The third-order valence-electron chi connectivity index (χ3n) is 5.39. The molecule has 6 heteroatoms. The SMILES string of the molecule is Cc1c(F)ccc(N2C=C3CCCN3C2c2ccc3[nH]ncc3c2)c1Cl. The van der Waals surface area contributed by atoms with Crippen molar-refractivity contribution < 1.29 is 4.39 Å². The number of aromatic amines is 1. The Morgan fingerprint density at radius 3 is 3.04 bits per heavy atom. The van der Waals surface area contributed by atoms with E-state index in [9.17, 15) is 4.39 Å². The summed E-state index contributed by atoms with van der Waals surface area (Å²) in [7, 11) is 0. The summed E-state index contributed by atoms with van der Waals surface area (Å²) in [4.78, 5) is 4.58. The largest absolute Gasteiger partial charge is 0.349 e. The molecule has 4 nitrogen and oxygen atoms in total. The number of halogens is 2. The standard InChI is InChI=1S/C20H18ClFN4/c1-12-16(22)5-7-18(19(12)21)26-11-15-3-2-8-25(15)20(26)13-4-6-17-14(9-13)10-23-24-17/h4-7,9-11,20H,2-3,8H2,1H3,(H,23,24). The van der Waals surface area contributed by atoms with Crippen LogP contribution in [0.3, 0.4) is 0 Å². The van der Waals surface area contributed by atoms with Gasteiger partial charge in [-0.3, -0.25) is 5.10 Å². The molecular formula is C20H18ClFN4. The van der Waals surface area contributed by atoms with E-state index in [0.29, 0.717) is 10.6 Å². The first-order valence-corrected chi connectivity index (χ1v) is 9.14. The summed E-state index contributed by atoms with van der Waals surface area (Å²) in [5, 5.41) is 8.67. The minimum Gasteiger partial charge on any atom is -0.349 e. The number of nitrogens with one attached hydrogen (secondary N) is 1. The molecule has 0 saturated carbocycles. The third kappa shape index (κ3) is 2.23. The molecule has 5 rings (SSSR count). The van der Waals surface area contributed by atoms with Crippen molar-refractivity contribution in [2.75, 3.05) is 11.4 Å². The van der Waals surface area contributed by atoms with Crippen molar-refractivity contribution in [3.05, 3.63) is 70.4 Å². The number of anilines is 1. The second-order valence-electron chi connectivity index (χ2n) is 6.92. The van der Waals surface area contributed by atoms with Crippen LogP contribution in [-0.4, -0.2) is 21.6 Å². The molecule has 3 heterocycles. The topological polar surface area (TPSA) is 35.2 Å². The summed E-state index contributed by atoms with van der Waals surface area (Å²) >= 11 is 6.52. The molecule has 132 valence electrons. The maximum atomic E-state index is 13.9. The number of nitrogens with zero attached hydrogens (tertiary/aromatic N) is 3. The van der Waals surface area contributed by atoms with E-state index in [1.54, 1.807) is 13.0 Å². The summed E-state index contributed by atoms with van der Waals surface area (Å²) in [6.07, 6.45) is 6.23. The fourth-order valence-electron chi connectivity index (χ4n) is 4.03. The van der Waals surface area contributed by atoms with E-state index in [4.69, 9.17) is 11.6 Å². The van der Waals surface area contributed by atoms with Gasteiger partial charge in [-0.1, -0.05) is 17.7 Å². The summed E-state index contributed by atoms with van der Waals surface area (Å²) < 4.78 is 13.9. The molecule has 1 aromatic heterocycles. The predicted octanol–water partition coefficient (Wildman–Crippen LogP) is 5.12. The lowest BCUT2D eigenvalue weighted by Crippen LogP contribution is -2.30. The Hall–Kier alpha value is -2.53. The Labute approximate surface area is 155 Å². The molecule has 1 unspecified atom stereocenters. The smallest absolute Gasteiger partial charge is 0.132 e. The average Bonchev–Trinajstić information content (AvgIpc) is 3.34. The molecule has 0 aliphatic carbocycles. The number of fused-ring (bicyclic) bond motifs is 2. The van der Waals surface area contributed by atoms with Crippen molar-refractivity contribution in [1.82, 2.24) is 15.1 Å². The molecule has 0 amide bonds. The van der Waals surface area contributed by atoms with E-state index in [1.807, 2.05) is 6.20 Å². The van der Waals surface area contributed by atoms with Crippen LogP contribution in [0.15, 0.2) is 48.4 Å². The van der Waals surface area contributed by atoms with E-state index < -0.39 is 0 Å². The molecule has 2 aromatic carbocycles. The van der Waals surface area contributed by atoms with Crippen molar-refractivity contribution in [1.29, 1.82) is 0 Å². The summed E-state index contributed by atoms with van der Waals surface area (Å²) in [6.45, 7) is 2.73. The van der Waals surface area contributed by atoms with Gasteiger partial charge >= 0.3 is 0 Å². The zero-order valence-corrected chi connectivity index (χ0v) is 15.1. The van der Waals surface area contributed by atoms with Crippen molar-refractivity contribution in [2.45, 2.75) is 25.9 Å². The number of aromatic nitrogens is 2. The lowest BCUT2D eigenvalue weighted by molar-refractivity contribution is 0.319. The molecule has 26 heavy (non-hydrogen) atoms. The highest BCUT2D eigenvalue weighted by atomic mass is 35.5. The van der Waals surface area contributed by atoms with Crippen LogP contribution in [0.25, 0.3) is 10.9 Å². The molecule has 0 radical (unpaired) electrons. The van der Waals surface area contributed by atoms with Gasteiger partial charge in [-0.15, -0.1) is 0 Å². The maximum absolute atomic E-state index is 13.9. The van der Waals surface area contributed by atoms with Gasteiger partial charge in [-0.25, -0.2) is 4.39 Å². The van der Waals surface area contributed by atoms with Crippen molar-refractivity contribution in [2.24, 2.45) is 0 Å². The van der Waals surface area contributed by atoms with Gasteiger partial charge in [0.1, 0.15) is 12.0 Å². The van der Waals surface area contributed by atoms with Gasteiger partial charge < -0.3 is 9.80 Å². The minimum absolute atomic E-state index is 0.0224. The Bertz CT molecular complexity index is 1040. The number of hydrogen-bond donors (Lipinski definition) is 1. The number of hydrogen-bond acceptors (Lipinski definition) is 3. The van der Waals surface area contributed by atoms with E-state index >= 15 is 0 Å². The normalized spacial score (nSPS) is 19.3. The maximum Gasteiger partial charge on any atom is 0.132 e. The fraction of sp³-hybridized carbons (Fsp3) is 0.250. The lowest BCUT2D eigenvalue weighted by atomic mass is 10.1. The van der Waals surface area contributed by atoms with Crippen LogP contribution in [0.1, 0.15) is 30.1 Å². The molecule has 2 aliphatic rings. The average molecular weight is 369 g/mol. The monoisotopic (exact) mass is 368 g/mol. The van der Waals surface area contributed by atoms with E-state index in [-0.39, 0.29) is 12.0 Å². The summed E-state index contributed by atoms with van der Waals surface area (Å²) in [5.74, 6) is -0.275. The molecule has 0 spiro atoms. The zero-order chi connectivity index (χ0) is 17.8. The van der Waals surface area contributed by atoms with Gasteiger partial charge in [0.25, 0.3) is 0 Å². The summed E-state index contributed by atoms with van der Waals surface area (Å²) in [5.41, 5.74) is 4.82. The van der Waals surface area contributed by atoms with Gasteiger partial charge in [-0.05, 0) is 49.6 Å². The Morgan fingerprint density at radius 1 is 1.27 bits per heavy atom. The zero-order valence-electron chi connectivity index (χ0n) is 14.3. The van der Waals surface area contributed by atoms with Gasteiger partial charge in [0.15, 0.2) is 0 Å². The van der Waals surface area contributed by atoms with Gasteiger partial charge in [0.2, 0.25) is 0 Å². The van der Waals surface area contributed by atoms with Crippen LogP contribution in [0, 0.1) is 12.7 Å². The van der Waals surface area contributed by atoms with Crippen LogP contribution >= 0.6 is 11.6 Å². The number of rotatable bonds is 2. The molecule has 2 aliphatic heterocycles. The van der Waals surface area contributed by atoms with Crippen molar-refractivity contribution >= 4 is 28.2 Å². The fourth-order valence-corrected chi connectivity index (χ4v) is 4.28. The highest BCUT2D eigenvalue weighted by Gasteiger charge is 2.37. The summed E-state index contributed by atoms with van der Waals surface area (Å²) in [6, 6.07) is 9.61. The van der Waals surface area contributed by atoms with E-state index in [2.05, 4.69) is 44.4 Å². The van der Waals surface area contributed by atoms with Gasteiger partial charge in [-0.2, -0.15) is 5.10 Å². The molecule has 3 aromatic rings. The van der Waals surface area contributed by atoms with Gasteiger partial charge in [0, 0.05) is 29.4 Å². The van der Waals surface area contributed by atoms with E-state index in [1.165, 1.54) is 17.3 Å². The first-order chi connectivity index (χ1) is 12.6.